The largest absolute Gasteiger partial charge is 0.385 e. The van der Waals surface area contributed by atoms with Gasteiger partial charge in [-0.2, -0.15) is 0 Å². The van der Waals surface area contributed by atoms with Crippen molar-refractivity contribution in [2.75, 3.05) is 25.5 Å². The Morgan fingerprint density at radius 3 is 2.43 bits per heavy atom. The fourth-order valence-corrected chi connectivity index (χ4v) is 2.36. The predicted molar refractivity (Wildman–Crippen MR) is 87.0 cm³/mol. The molecule has 2 aromatic rings. The molecular weight excluding hydrogens is 263 g/mol. The molecule has 1 atom stereocenters. The zero-order chi connectivity index (χ0) is 15.1. The third-order valence-electron chi connectivity index (χ3n) is 3.81. The number of nitrogens with zero attached hydrogens (tertiary/aromatic N) is 1. The minimum atomic E-state index is -0.126. The van der Waals surface area contributed by atoms with Gasteiger partial charge in [0.25, 0.3) is 0 Å². The number of rotatable bonds is 7. The molecule has 112 valence electrons. The lowest BCUT2D eigenvalue weighted by atomic mass is 10.1. The minimum absolute atomic E-state index is 0.0860. The van der Waals surface area contributed by atoms with Crippen molar-refractivity contribution in [2.24, 2.45) is 0 Å². The molecule has 0 aromatic heterocycles. The monoisotopic (exact) mass is 286 g/mol. The summed E-state index contributed by atoms with van der Waals surface area (Å²) in [6.45, 7) is 3.89. The summed E-state index contributed by atoms with van der Waals surface area (Å²) in [7, 11) is 2.04. The first-order valence-electron chi connectivity index (χ1n) is 7.42. The lowest BCUT2D eigenvalue weighted by Crippen LogP contribution is -2.25. The van der Waals surface area contributed by atoms with Crippen LogP contribution in [0.3, 0.4) is 0 Å². The van der Waals surface area contributed by atoms with Crippen LogP contribution < -0.4 is 5.32 Å². The highest BCUT2D eigenvalue weighted by atomic mass is 19.1. The molecule has 0 aliphatic rings. The minimum Gasteiger partial charge on any atom is -0.385 e. The molecule has 0 saturated carbocycles. The Bertz CT molecular complexity index is 542. The van der Waals surface area contributed by atoms with Crippen LogP contribution in [0, 0.1) is 5.82 Å². The van der Waals surface area contributed by atoms with E-state index in [2.05, 4.69) is 22.3 Å². The van der Waals surface area contributed by atoms with E-state index in [9.17, 15) is 4.39 Å². The van der Waals surface area contributed by atoms with Gasteiger partial charge >= 0.3 is 0 Å². The second-order valence-electron chi connectivity index (χ2n) is 5.32. The number of nitrogens with one attached hydrogen (secondary N) is 1. The molecule has 0 fully saturated rings. The first-order valence-corrected chi connectivity index (χ1v) is 7.42. The standard InChI is InChI=1S/C18H23FN2/c1-15(17-11-6-7-12-18(17)19)21(2)14-8-13-20-16-9-4-3-5-10-16/h3-7,9-12,15,20H,8,13-14H2,1-2H3. The van der Waals surface area contributed by atoms with Crippen molar-refractivity contribution >= 4 is 5.69 Å². The molecular formula is C18H23FN2. The van der Waals surface area contributed by atoms with Crippen LogP contribution in [-0.4, -0.2) is 25.0 Å². The molecule has 0 heterocycles. The first-order chi connectivity index (χ1) is 10.2. The average Bonchev–Trinajstić information content (AvgIpc) is 2.52. The molecule has 0 amide bonds. The zero-order valence-electron chi connectivity index (χ0n) is 12.7. The van der Waals surface area contributed by atoms with Gasteiger partial charge in [-0.15, -0.1) is 0 Å². The van der Waals surface area contributed by atoms with Gasteiger partial charge < -0.3 is 5.32 Å². The van der Waals surface area contributed by atoms with Crippen molar-refractivity contribution in [1.29, 1.82) is 0 Å². The van der Waals surface area contributed by atoms with E-state index in [4.69, 9.17) is 0 Å². The summed E-state index contributed by atoms with van der Waals surface area (Å²) >= 11 is 0. The Kier molecular flexibility index (Phi) is 5.76. The molecule has 2 nitrogen and oxygen atoms in total. The van der Waals surface area contributed by atoms with Gasteiger partial charge in [0, 0.05) is 30.4 Å². The average molecular weight is 286 g/mol. The van der Waals surface area contributed by atoms with Gasteiger partial charge in [0.15, 0.2) is 0 Å². The number of halogens is 1. The van der Waals surface area contributed by atoms with Crippen LogP contribution in [0.25, 0.3) is 0 Å². The molecule has 1 N–H and O–H groups in total. The van der Waals surface area contributed by atoms with E-state index in [1.165, 1.54) is 6.07 Å². The highest BCUT2D eigenvalue weighted by Crippen LogP contribution is 2.21. The third kappa shape index (κ3) is 4.57. The van der Waals surface area contributed by atoms with Crippen molar-refractivity contribution in [3.05, 3.63) is 66.0 Å². The Balaban J connectivity index is 1.77. The molecule has 2 rings (SSSR count). The van der Waals surface area contributed by atoms with E-state index in [-0.39, 0.29) is 11.9 Å². The third-order valence-corrected chi connectivity index (χ3v) is 3.81. The van der Waals surface area contributed by atoms with Gasteiger partial charge in [0.05, 0.1) is 0 Å². The van der Waals surface area contributed by atoms with Gasteiger partial charge in [-0.1, -0.05) is 36.4 Å². The van der Waals surface area contributed by atoms with Crippen LogP contribution in [0.5, 0.6) is 0 Å². The predicted octanol–water partition coefficient (Wildman–Crippen LogP) is 4.32. The maximum atomic E-state index is 13.8. The van der Waals surface area contributed by atoms with Gasteiger partial charge in [-0.3, -0.25) is 4.90 Å². The fraction of sp³-hybridized carbons (Fsp3) is 0.333. The smallest absolute Gasteiger partial charge is 0.127 e. The lowest BCUT2D eigenvalue weighted by molar-refractivity contribution is 0.255. The molecule has 3 heteroatoms. The second-order valence-corrected chi connectivity index (χ2v) is 5.32. The molecule has 1 unspecified atom stereocenters. The van der Waals surface area contributed by atoms with Crippen molar-refractivity contribution in [3.63, 3.8) is 0 Å². The molecule has 21 heavy (non-hydrogen) atoms. The van der Waals surface area contributed by atoms with Crippen LogP contribution in [0.15, 0.2) is 54.6 Å². The number of para-hydroxylation sites is 1. The van der Waals surface area contributed by atoms with Crippen LogP contribution in [0.2, 0.25) is 0 Å². The molecule has 0 bridgehead atoms. The van der Waals surface area contributed by atoms with Crippen molar-refractivity contribution in [3.8, 4) is 0 Å². The Hall–Kier alpha value is -1.87. The van der Waals surface area contributed by atoms with Gasteiger partial charge in [0.1, 0.15) is 5.82 Å². The Labute approximate surface area is 126 Å². The highest BCUT2D eigenvalue weighted by molar-refractivity contribution is 5.42. The quantitative estimate of drug-likeness (QED) is 0.763. The maximum absolute atomic E-state index is 13.8. The summed E-state index contributed by atoms with van der Waals surface area (Å²) in [5, 5.41) is 3.39. The van der Waals surface area contributed by atoms with Crippen molar-refractivity contribution in [1.82, 2.24) is 4.90 Å². The normalized spacial score (nSPS) is 12.4. The summed E-state index contributed by atoms with van der Waals surface area (Å²) in [5.41, 5.74) is 1.90. The van der Waals surface area contributed by atoms with Crippen LogP contribution in [-0.2, 0) is 0 Å². The number of anilines is 1. The van der Waals surface area contributed by atoms with Gasteiger partial charge in [-0.25, -0.2) is 4.39 Å². The first kappa shape index (κ1) is 15.5. The fourth-order valence-electron chi connectivity index (χ4n) is 2.36. The number of hydrogen-bond donors (Lipinski definition) is 1. The van der Waals surface area contributed by atoms with E-state index in [1.807, 2.05) is 44.3 Å². The highest BCUT2D eigenvalue weighted by Gasteiger charge is 2.14. The van der Waals surface area contributed by atoms with Crippen molar-refractivity contribution in [2.45, 2.75) is 19.4 Å². The molecule has 0 aliphatic heterocycles. The van der Waals surface area contributed by atoms with Crippen LogP contribution >= 0.6 is 0 Å². The van der Waals surface area contributed by atoms with Crippen molar-refractivity contribution < 1.29 is 4.39 Å². The Morgan fingerprint density at radius 1 is 1.05 bits per heavy atom. The molecule has 0 aliphatic carbocycles. The molecule has 2 aromatic carbocycles. The van der Waals surface area contributed by atoms with E-state index >= 15 is 0 Å². The maximum Gasteiger partial charge on any atom is 0.127 e. The molecule has 0 radical (unpaired) electrons. The van der Waals surface area contributed by atoms with Gasteiger partial charge in [0.2, 0.25) is 0 Å². The zero-order valence-corrected chi connectivity index (χ0v) is 12.7. The van der Waals surface area contributed by atoms with E-state index in [1.54, 1.807) is 6.07 Å². The van der Waals surface area contributed by atoms with E-state index < -0.39 is 0 Å². The topological polar surface area (TPSA) is 15.3 Å². The van der Waals surface area contributed by atoms with Gasteiger partial charge in [-0.05, 0) is 38.6 Å². The SMILES string of the molecule is CC(c1ccccc1F)N(C)CCCNc1ccccc1. The lowest BCUT2D eigenvalue weighted by Gasteiger charge is -2.25. The number of hydrogen-bond acceptors (Lipinski definition) is 2. The van der Waals surface area contributed by atoms with Crippen LogP contribution in [0.4, 0.5) is 10.1 Å². The summed E-state index contributed by atoms with van der Waals surface area (Å²) in [6.07, 6.45) is 1.02. The van der Waals surface area contributed by atoms with Crippen LogP contribution in [0.1, 0.15) is 24.9 Å². The molecule has 0 saturated heterocycles. The Morgan fingerprint density at radius 2 is 1.71 bits per heavy atom. The second kappa shape index (κ2) is 7.79. The van der Waals surface area contributed by atoms with E-state index in [0.717, 1.165) is 30.8 Å². The summed E-state index contributed by atoms with van der Waals surface area (Å²) < 4.78 is 13.8. The van der Waals surface area contributed by atoms with E-state index in [0.29, 0.717) is 0 Å². The summed E-state index contributed by atoms with van der Waals surface area (Å²) in [4.78, 5) is 2.19. The summed E-state index contributed by atoms with van der Waals surface area (Å²) in [5.74, 6) is -0.126. The molecule has 0 spiro atoms. The number of benzene rings is 2. The summed E-state index contributed by atoms with van der Waals surface area (Å²) in [6, 6.07) is 17.3.